The second-order valence-electron chi connectivity index (χ2n) is 22.3. The van der Waals surface area contributed by atoms with E-state index in [4.69, 9.17) is 9.72 Å². The zero-order valence-corrected chi connectivity index (χ0v) is 48.0. The van der Waals surface area contributed by atoms with Crippen LogP contribution in [0.5, 0.6) is 11.5 Å². The molecule has 15 aromatic rings. The number of para-hydroxylation sites is 5. The summed E-state index contributed by atoms with van der Waals surface area (Å²) >= 11 is 0. The molecule has 0 fully saturated rings. The standard InChI is InChI=1S/C76H51N5O.Pt/c1-76(2,3)50-43-44-77-72(45-50)81-70-38-18-13-31-61(70)63-40-39-53(47-71(63)81)82-52-24-19-23-51(46-52)78-48-79-73-54(49-21-5-4-6-22-49)33-20-34-64(73)57-27-9-7-25-55(57)56-26-8-10-28-58(56)65-41-42-66(74(78)75(65)79)62-32-14-17-37-69(62)80-67-35-15-11-29-59(67)60-30-12-16-36-68(60)80;/h4-45H,1-3H3;/q-2;. The second kappa shape index (κ2) is 19.7. The first-order valence-corrected chi connectivity index (χ1v) is 28.0. The van der Waals surface area contributed by atoms with Gasteiger partial charge in [-0.25, -0.2) is 4.98 Å². The predicted molar refractivity (Wildman–Crippen MR) is 334 cm³/mol. The van der Waals surface area contributed by atoms with E-state index >= 15 is 0 Å². The molecule has 0 bridgehead atoms. The third-order valence-corrected chi connectivity index (χ3v) is 16.5. The molecular weight excluding hydrogens is 1190 g/mol. The summed E-state index contributed by atoms with van der Waals surface area (Å²) in [5.74, 6) is 1.94. The van der Waals surface area contributed by atoms with E-state index in [1.807, 2.05) is 18.3 Å². The van der Waals surface area contributed by atoms with Gasteiger partial charge in [-0.3, -0.25) is 4.57 Å². The van der Waals surface area contributed by atoms with Gasteiger partial charge in [0.15, 0.2) is 0 Å². The molecule has 83 heavy (non-hydrogen) atoms. The minimum Gasteiger partial charge on any atom is -0.510 e. The topological polar surface area (TPSA) is 40.8 Å². The van der Waals surface area contributed by atoms with Crippen molar-refractivity contribution in [1.82, 2.24) is 18.7 Å². The van der Waals surface area contributed by atoms with E-state index in [9.17, 15) is 0 Å². The monoisotopic (exact) mass is 1240 g/mol. The van der Waals surface area contributed by atoms with Crippen LogP contribution in [0.15, 0.2) is 255 Å². The molecule has 0 atom stereocenters. The van der Waals surface area contributed by atoms with Gasteiger partial charge in [0.2, 0.25) is 0 Å². The molecule has 1 aliphatic heterocycles. The molecule has 0 unspecified atom stereocenters. The molecule has 6 nitrogen and oxygen atoms in total. The zero-order chi connectivity index (χ0) is 54.6. The number of rotatable bonds is 7. The summed E-state index contributed by atoms with van der Waals surface area (Å²) in [7, 11) is 0. The van der Waals surface area contributed by atoms with Crippen molar-refractivity contribution in [1.29, 1.82) is 0 Å². The summed E-state index contributed by atoms with van der Waals surface area (Å²) in [6.45, 7) is 6.70. The van der Waals surface area contributed by atoms with Gasteiger partial charge in [0.05, 0.1) is 33.4 Å². The van der Waals surface area contributed by atoms with Crippen LogP contribution in [-0.4, -0.2) is 18.7 Å². The molecule has 11 aromatic carbocycles. The van der Waals surface area contributed by atoms with Crippen LogP contribution in [0, 0.1) is 18.5 Å². The maximum absolute atomic E-state index is 6.95. The molecule has 0 radical (unpaired) electrons. The molecule has 0 N–H and O–H groups in total. The Bertz CT molecular complexity index is 5020. The van der Waals surface area contributed by atoms with Crippen LogP contribution in [0.25, 0.3) is 133 Å². The van der Waals surface area contributed by atoms with Crippen LogP contribution in [0.4, 0.5) is 0 Å². The third-order valence-electron chi connectivity index (χ3n) is 16.5. The third kappa shape index (κ3) is 8.03. The molecule has 7 heteroatoms. The van der Waals surface area contributed by atoms with Gasteiger partial charge >= 0.3 is 0 Å². The first kappa shape index (κ1) is 50.1. The van der Waals surface area contributed by atoms with Gasteiger partial charge in [-0.05, 0) is 109 Å². The molecule has 0 amide bonds. The van der Waals surface area contributed by atoms with Gasteiger partial charge in [0.1, 0.15) is 5.82 Å². The Labute approximate surface area is 495 Å². The number of pyridine rings is 1. The van der Waals surface area contributed by atoms with E-state index in [-0.39, 0.29) is 26.5 Å². The summed E-state index contributed by atoms with van der Waals surface area (Å²) in [5, 5.41) is 4.60. The fourth-order valence-corrected chi connectivity index (χ4v) is 12.8. The van der Waals surface area contributed by atoms with Crippen LogP contribution in [-0.2, 0) is 26.5 Å². The Morgan fingerprint density at radius 3 is 1.67 bits per heavy atom. The Hall–Kier alpha value is -9.87. The van der Waals surface area contributed by atoms with Crippen molar-refractivity contribution in [3.8, 4) is 90.0 Å². The van der Waals surface area contributed by atoms with E-state index in [0.717, 1.165) is 117 Å². The van der Waals surface area contributed by atoms with Crippen molar-refractivity contribution in [2.24, 2.45) is 0 Å². The van der Waals surface area contributed by atoms with Gasteiger partial charge in [0, 0.05) is 60.6 Å². The van der Waals surface area contributed by atoms with E-state index in [1.54, 1.807) is 0 Å². The van der Waals surface area contributed by atoms with Crippen molar-refractivity contribution in [2.45, 2.75) is 26.2 Å². The number of nitrogens with zero attached hydrogens (tertiary/aromatic N) is 5. The predicted octanol–water partition coefficient (Wildman–Crippen LogP) is 18.6. The van der Waals surface area contributed by atoms with Crippen molar-refractivity contribution < 1.29 is 30.4 Å². The van der Waals surface area contributed by atoms with Crippen LogP contribution in [0.1, 0.15) is 26.3 Å². The summed E-state index contributed by atoms with van der Waals surface area (Å²) in [4.78, 5) is 4.94. The SMILES string of the molecule is CC(C)(C)c1ccnc(-n2c3[c-]c(Oc4[c-]c(-n5[c-][n+]6c7c(ccc(-c8ccccc8-n8c9ccccc9c9ccccc98)c75)-c5ccccc5-c5ccccc5-c5cccc(-c7ccccc7)c5-6)ccc4)ccc3c3ccccc32)c1.[Pt]. The van der Waals surface area contributed by atoms with Crippen LogP contribution in [0.3, 0.4) is 0 Å². The first-order valence-electron chi connectivity index (χ1n) is 28.0. The Morgan fingerprint density at radius 1 is 0.434 bits per heavy atom. The molecule has 0 spiro atoms. The van der Waals surface area contributed by atoms with Gasteiger partial charge in [0.25, 0.3) is 6.33 Å². The first-order chi connectivity index (χ1) is 40.3. The number of hydrogen-bond acceptors (Lipinski definition) is 2. The largest absolute Gasteiger partial charge is 0.510 e. The molecule has 5 heterocycles. The van der Waals surface area contributed by atoms with Crippen LogP contribution >= 0.6 is 0 Å². The molecule has 398 valence electrons. The molecule has 0 aliphatic carbocycles. The van der Waals surface area contributed by atoms with Crippen molar-refractivity contribution >= 4 is 54.6 Å². The quantitative estimate of drug-likeness (QED) is 0.118. The summed E-state index contributed by atoms with van der Waals surface area (Å²) in [6.07, 6.45) is 6.00. The second-order valence-corrected chi connectivity index (χ2v) is 22.3. The molecule has 4 aromatic heterocycles. The zero-order valence-electron chi connectivity index (χ0n) is 45.7. The van der Waals surface area contributed by atoms with E-state index < -0.39 is 0 Å². The minimum atomic E-state index is -0.0614. The fraction of sp³-hybridized carbons (Fsp3) is 0.0526. The van der Waals surface area contributed by atoms with Crippen molar-refractivity contribution in [3.05, 3.63) is 279 Å². The molecular formula is C76H51N5OPt-2. The molecule has 0 saturated carbocycles. The number of hydrogen-bond donors (Lipinski definition) is 0. The van der Waals surface area contributed by atoms with E-state index in [1.165, 1.54) is 21.9 Å². The smallest absolute Gasteiger partial charge is 0.268 e. The average molecular weight is 1250 g/mol. The average Bonchev–Trinajstić information content (AvgIpc) is 4.21. The number of ether oxygens (including phenoxy) is 1. The maximum Gasteiger partial charge on any atom is 0.268 e. The number of aromatic nitrogens is 5. The Morgan fingerprint density at radius 2 is 0.976 bits per heavy atom. The van der Waals surface area contributed by atoms with E-state index in [2.05, 4.69) is 294 Å². The number of imidazole rings is 1. The summed E-state index contributed by atoms with van der Waals surface area (Å²) < 4.78 is 16.1. The molecule has 0 saturated heterocycles. The van der Waals surface area contributed by atoms with Gasteiger partial charge in [-0.1, -0.05) is 208 Å². The maximum atomic E-state index is 6.95. The summed E-state index contributed by atoms with van der Waals surface area (Å²) in [6, 6.07) is 96.7. The molecule has 1 aliphatic rings. The van der Waals surface area contributed by atoms with Gasteiger partial charge < -0.3 is 18.4 Å². The Balaban J connectivity index is 0.00000588. The number of benzene rings is 11. The van der Waals surface area contributed by atoms with Gasteiger partial charge in [-0.15, -0.1) is 29.7 Å². The Kier molecular flexibility index (Phi) is 11.9. The van der Waals surface area contributed by atoms with E-state index in [0.29, 0.717) is 11.5 Å². The van der Waals surface area contributed by atoms with Crippen molar-refractivity contribution in [3.63, 3.8) is 0 Å². The van der Waals surface area contributed by atoms with Crippen LogP contribution in [0.2, 0.25) is 0 Å². The normalized spacial score (nSPS) is 11.9. The van der Waals surface area contributed by atoms with Gasteiger partial charge in [-0.2, -0.15) is 18.2 Å². The van der Waals surface area contributed by atoms with Crippen molar-refractivity contribution in [2.75, 3.05) is 0 Å². The summed E-state index contributed by atoms with van der Waals surface area (Å²) in [5.41, 5.74) is 21.3. The van der Waals surface area contributed by atoms with Crippen LogP contribution < -0.4 is 9.30 Å². The fourth-order valence-electron chi connectivity index (χ4n) is 12.8. The number of fused-ring (bicyclic) bond motifs is 13. The molecule has 16 rings (SSSR count). The minimum absolute atomic E-state index is 0.